The van der Waals surface area contributed by atoms with Gasteiger partial charge in [-0.2, -0.15) is 0 Å². The number of benzene rings is 3. The molecule has 0 atom stereocenters. The second-order valence-electron chi connectivity index (χ2n) is 4.76. The van der Waals surface area contributed by atoms with Crippen molar-refractivity contribution in [1.29, 1.82) is 0 Å². The molecule has 3 rings (SSSR count). The molecule has 0 radical (unpaired) electrons. The third-order valence-electron chi connectivity index (χ3n) is 3.43. The van der Waals surface area contributed by atoms with Crippen molar-refractivity contribution < 1.29 is 0 Å². The van der Waals surface area contributed by atoms with Gasteiger partial charge in [0.25, 0.3) is 0 Å². The van der Waals surface area contributed by atoms with Crippen molar-refractivity contribution in [3.05, 3.63) is 84.4 Å². The van der Waals surface area contributed by atoms with Gasteiger partial charge in [0, 0.05) is 0 Å². The van der Waals surface area contributed by atoms with Gasteiger partial charge >= 0.3 is 0 Å². The Bertz CT molecular complexity index is 667. The van der Waals surface area contributed by atoms with Crippen LogP contribution in [0.1, 0.15) is 5.56 Å². The van der Waals surface area contributed by atoms with Crippen LogP contribution in [0.3, 0.4) is 0 Å². The molecule has 0 heterocycles. The van der Waals surface area contributed by atoms with Gasteiger partial charge in [0.1, 0.15) is 0 Å². The van der Waals surface area contributed by atoms with E-state index >= 15 is 0 Å². The molecule has 0 heteroatoms. The van der Waals surface area contributed by atoms with Crippen LogP contribution in [0.4, 0.5) is 0 Å². The summed E-state index contributed by atoms with van der Waals surface area (Å²) in [6.07, 6.45) is 0. The van der Waals surface area contributed by atoms with E-state index in [0.29, 0.717) is 0 Å². The smallest absolute Gasteiger partial charge is 0.0149 e. The summed E-state index contributed by atoms with van der Waals surface area (Å²) in [5.74, 6) is 0. The molecule has 19 heavy (non-hydrogen) atoms. The second-order valence-corrected chi connectivity index (χ2v) is 4.76. The Morgan fingerprint density at radius 2 is 1.11 bits per heavy atom. The summed E-state index contributed by atoms with van der Waals surface area (Å²) in [4.78, 5) is 0. The fourth-order valence-corrected chi connectivity index (χ4v) is 2.36. The van der Waals surface area contributed by atoms with E-state index in [2.05, 4.69) is 85.8 Å². The Balaban J connectivity index is 2.12. The predicted molar refractivity (Wildman–Crippen MR) is 82.1 cm³/mol. The molecule has 3 aromatic rings. The summed E-state index contributed by atoms with van der Waals surface area (Å²) >= 11 is 0. The SMILES string of the molecule is Cc1ccc(-c2ccccc2)cc1-c1ccccc1. The monoisotopic (exact) mass is 244 g/mol. The molecule has 0 aromatic heterocycles. The van der Waals surface area contributed by atoms with Gasteiger partial charge in [-0.3, -0.25) is 0 Å². The first-order chi connectivity index (χ1) is 9.34. The number of hydrogen-bond donors (Lipinski definition) is 0. The van der Waals surface area contributed by atoms with Crippen molar-refractivity contribution in [2.24, 2.45) is 0 Å². The van der Waals surface area contributed by atoms with Gasteiger partial charge in [0.05, 0.1) is 0 Å². The zero-order valence-electron chi connectivity index (χ0n) is 11.0. The molecule has 0 amide bonds. The molecule has 0 N–H and O–H groups in total. The lowest BCUT2D eigenvalue weighted by atomic mass is 9.95. The van der Waals surface area contributed by atoms with Crippen molar-refractivity contribution in [3.8, 4) is 22.3 Å². The lowest BCUT2D eigenvalue weighted by Crippen LogP contribution is -1.85. The zero-order chi connectivity index (χ0) is 13.1. The van der Waals surface area contributed by atoms with Crippen LogP contribution in [0.2, 0.25) is 0 Å². The lowest BCUT2D eigenvalue weighted by molar-refractivity contribution is 1.45. The summed E-state index contributed by atoms with van der Waals surface area (Å²) in [6.45, 7) is 2.16. The van der Waals surface area contributed by atoms with Crippen molar-refractivity contribution in [2.75, 3.05) is 0 Å². The van der Waals surface area contributed by atoms with Crippen LogP contribution in [0, 0.1) is 6.92 Å². The average Bonchev–Trinajstić information content (AvgIpc) is 2.49. The maximum atomic E-state index is 2.28. The largest absolute Gasteiger partial charge is 0.0622 e. The van der Waals surface area contributed by atoms with Gasteiger partial charge in [0.15, 0.2) is 0 Å². The Morgan fingerprint density at radius 3 is 1.74 bits per heavy atom. The fourth-order valence-electron chi connectivity index (χ4n) is 2.36. The summed E-state index contributed by atoms with van der Waals surface area (Å²) < 4.78 is 0. The third kappa shape index (κ3) is 2.43. The predicted octanol–water partition coefficient (Wildman–Crippen LogP) is 5.33. The normalized spacial score (nSPS) is 10.4. The van der Waals surface area contributed by atoms with Crippen LogP contribution >= 0.6 is 0 Å². The maximum Gasteiger partial charge on any atom is -0.0149 e. The fraction of sp³-hybridized carbons (Fsp3) is 0.0526. The van der Waals surface area contributed by atoms with Crippen molar-refractivity contribution in [3.63, 3.8) is 0 Å². The topological polar surface area (TPSA) is 0 Å². The van der Waals surface area contributed by atoms with E-state index in [4.69, 9.17) is 0 Å². The molecule has 0 bridgehead atoms. The maximum absolute atomic E-state index is 2.28. The van der Waals surface area contributed by atoms with Gasteiger partial charge in [-0.15, -0.1) is 0 Å². The summed E-state index contributed by atoms with van der Waals surface area (Å²) in [5, 5.41) is 0. The minimum atomic E-state index is 1.26. The standard InChI is InChI=1S/C19H16/c1-15-12-13-18(16-8-4-2-5-9-16)14-19(15)17-10-6-3-7-11-17/h2-14H,1H3. The van der Waals surface area contributed by atoms with Crippen molar-refractivity contribution in [2.45, 2.75) is 6.92 Å². The van der Waals surface area contributed by atoms with Gasteiger partial charge in [-0.05, 0) is 40.8 Å². The molecule has 0 fully saturated rings. The lowest BCUT2D eigenvalue weighted by Gasteiger charge is -2.09. The van der Waals surface area contributed by atoms with Crippen LogP contribution in [-0.2, 0) is 0 Å². The van der Waals surface area contributed by atoms with Crippen molar-refractivity contribution >= 4 is 0 Å². The highest BCUT2D eigenvalue weighted by Crippen LogP contribution is 2.29. The minimum Gasteiger partial charge on any atom is -0.0622 e. The first-order valence-corrected chi connectivity index (χ1v) is 6.56. The van der Waals surface area contributed by atoms with Crippen LogP contribution in [0.25, 0.3) is 22.3 Å². The van der Waals surface area contributed by atoms with Gasteiger partial charge in [-0.1, -0.05) is 72.8 Å². The van der Waals surface area contributed by atoms with E-state index in [9.17, 15) is 0 Å². The molecule has 92 valence electrons. The van der Waals surface area contributed by atoms with Crippen LogP contribution in [0.5, 0.6) is 0 Å². The van der Waals surface area contributed by atoms with E-state index in [-0.39, 0.29) is 0 Å². The number of hydrogen-bond acceptors (Lipinski definition) is 0. The van der Waals surface area contributed by atoms with Gasteiger partial charge in [-0.25, -0.2) is 0 Å². The Morgan fingerprint density at radius 1 is 0.526 bits per heavy atom. The summed E-state index contributed by atoms with van der Waals surface area (Å²) in [6, 6.07) is 27.7. The molecule has 0 saturated carbocycles. The Labute approximate surface area is 114 Å². The molecule has 0 aliphatic rings. The molecule has 0 saturated heterocycles. The van der Waals surface area contributed by atoms with E-state index < -0.39 is 0 Å². The summed E-state index contributed by atoms with van der Waals surface area (Å²) in [7, 11) is 0. The van der Waals surface area contributed by atoms with Gasteiger partial charge in [0.2, 0.25) is 0 Å². The van der Waals surface area contributed by atoms with E-state index in [1.807, 2.05) is 0 Å². The molecular formula is C19H16. The molecule has 3 aromatic carbocycles. The third-order valence-corrected chi connectivity index (χ3v) is 3.43. The van der Waals surface area contributed by atoms with Crippen LogP contribution in [0.15, 0.2) is 78.9 Å². The number of aryl methyl sites for hydroxylation is 1. The molecule has 0 aliphatic carbocycles. The first-order valence-electron chi connectivity index (χ1n) is 6.56. The average molecular weight is 244 g/mol. The quantitative estimate of drug-likeness (QED) is 0.571. The van der Waals surface area contributed by atoms with Gasteiger partial charge < -0.3 is 0 Å². The minimum absolute atomic E-state index is 1.26. The van der Waals surface area contributed by atoms with E-state index in [0.717, 1.165) is 0 Å². The Hall–Kier alpha value is -2.34. The van der Waals surface area contributed by atoms with Crippen LogP contribution in [-0.4, -0.2) is 0 Å². The van der Waals surface area contributed by atoms with E-state index in [1.165, 1.54) is 27.8 Å². The first kappa shape index (κ1) is 11.7. The van der Waals surface area contributed by atoms with Crippen molar-refractivity contribution in [1.82, 2.24) is 0 Å². The molecular weight excluding hydrogens is 228 g/mol. The van der Waals surface area contributed by atoms with Crippen LogP contribution < -0.4 is 0 Å². The zero-order valence-corrected chi connectivity index (χ0v) is 11.0. The van der Waals surface area contributed by atoms with E-state index in [1.54, 1.807) is 0 Å². The highest BCUT2D eigenvalue weighted by atomic mass is 14.1. The summed E-state index contributed by atoms with van der Waals surface area (Å²) in [5.41, 5.74) is 6.43. The highest BCUT2D eigenvalue weighted by Gasteiger charge is 2.04. The molecule has 0 nitrogen and oxygen atoms in total. The molecule has 0 spiro atoms. The molecule has 0 unspecified atom stereocenters. The number of rotatable bonds is 2. The molecule has 0 aliphatic heterocycles. The second kappa shape index (κ2) is 5.11. The Kier molecular flexibility index (Phi) is 3.16. The highest BCUT2D eigenvalue weighted by molar-refractivity contribution is 5.75.